The second-order valence-corrected chi connectivity index (χ2v) is 9.85. The summed E-state index contributed by atoms with van der Waals surface area (Å²) in [4.78, 5) is 14.4. The van der Waals surface area contributed by atoms with E-state index in [0.717, 1.165) is 11.1 Å². The van der Waals surface area contributed by atoms with E-state index in [-0.39, 0.29) is 24.9 Å². The topological polar surface area (TPSA) is 146 Å². The lowest BCUT2D eigenvalue weighted by atomic mass is 10.1. The van der Waals surface area contributed by atoms with Crippen molar-refractivity contribution in [2.75, 3.05) is 0 Å². The molecule has 0 radical (unpaired) electrons. The van der Waals surface area contributed by atoms with Gasteiger partial charge in [-0.1, -0.05) is 60.7 Å². The lowest BCUT2D eigenvalue weighted by Gasteiger charge is -2.21. The molecular weight excluding hydrogens is 594 g/mol. The number of nitrogens with zero attached hydrogens (tertiary/aromatic N) is 1. The predicted octanol–water partition coefficient (Wildman–Crippen LogP) is 5.81. The fraction of sp³-hybridized carbons (Fsp3) is 0.462. The Morgan fingerprint density at radius 3 is 1.52 bits per heavy atom. The molecular formula is C26H34F6N4O5S. The van der Waals surface area contributed by atoms with Gasteiger partial charge in [-0.05, 0) is 31.4 Å². The zero-order chi connectivity index (χ0) is 32.6. The highest BCUT2D eigenvalue weighted by molar-refractivity contribution is 7.79. The molecule has 2 aromatic carbocycles. The van der Waals surface area contributed by atoms with E-state index in [4.69, 9.17) is 29.8 Å². The first-order chi connectivity index (χ1) is 19.2. The van der Waals surface area contributed by atoms with Gasteiger partial charge in [-0.15, -0.1) is 0 Å². The summed E-state index contributed by atoms with van der Waals surface area (Å²) in [6.07, 6.45) is -11.8. The summed E-state index contributed by atoms with van der Waals surface area (Å²) in [7, 11) is -4.67. The zero-order valence-corrected chi connectivity index (χ0v) is 23.5. The van der Waals surface area contributed by atoms with Crippen LogP contribution < -0.4 is 16.4 Å². The second-order valence-electron chi connectivity index (χ2n) is 8.95. The third-order valence-corrected chi connectivity index (χ3v) is 5.41. The van der Waals surface area contributed by atoms with E-state index in [1.165, 1.54) is 0 Å². The molecule has 0 heterocycles. The minimum atomic E-state index is -4.67. The van der Waals surface area contributed by atoms with Crippen molar-refractivity contribution in [1.29, 1.82) is 0 Å². The number of rotatable bonds is 11. The Labute approximate surface area is 240 Å². The van der Waals surface area contributed by atoms with Crippen molar-refractivity contribution in [2.45, 2.75) is 76.2 Å². The summed E-state index contributed by atoms with van der Waals surface area (Å²) in [5.41, 5.74) is 6.97. The number of hydrogen-bond donors (Lipinski definition) is 5. The molecule has 0 aliphatic rings. The van der Waals surface area contributed by atoms with Crippen LogP contribution in [-0.4, -0.2) is 48.0 Å². The van der Waals surface area contributed by atoms with Gasteiger partial charge in [-0.25, -0.2) is 11.9 Å². The van der Waals surface area contributed by atoms with Crippen LogP contribution in [0, 0.1) is 6.57 Å². The molecule has 6 N–H and O–H groups in total. The molecule has 42 heavy (non-hydrogen) atoms. The van der Waals surface area contributed by atoms with Crippen LogP contribution in [0.3, 0.4) is 0 Å². The number of hydrogen-bond acceptors (Lipinski definition) is 5. The molecule has 0 aliphatic carbocycles. The molecule has 0 saturated heterocycles. The fourth-order valence-electron chi connectivity index (χ4n) is 3.37. The van der Waals surface area contributed by atoms with E-state index >= 15 is 0 Å². The molecule has 2 aromatic rings. The van der Waals surface area contributed by atoms with Crippen molar-refractivity contribution in [2.24, 2.45) is 5.73 Å². The van der Waals surface area contributed by atoms with Crippen LogP contribution in [0.4, 0.5) is 26.3 Å². The Balaban J connectivity index is 0.000000691. The Morgan fingerprint density at radius 1 is 0.833 bits per heavy atom. The summed E-state index contributed by atoms with van der Waals surface area (Å²) in [6.45, 7) is 10.5. The van der Waals surface area contributed by atoms with Crippen molar-refractivity contribution in [3.63, 3.8) is 0 Å². The van der Waals surface area contributed by atoms with Crippen LogP contribution >= 0.6 is 0 Å². The summed E-state index contributed by atoms with van der Waals surface area (Å²) in [5.74, 6) is -0.771. The summed E-state index contributed by atoms with van der Waals surface area (Å²) >= 11 is 0. The van der Waals surface area contributed by atoms with E-state index in [0.29, 0.717) is 0 Å². The summed E-state index contributed by atoms with van der Waals surface area (Å²) < 4.78 is 104. The molecule has 2 rings (SSSR count). The molecule has 4 atom stereocenters. The van der Waals surface area contributed by atoms with Gasteiger partial charge >= 0.3 is 22.8 Å². The summed E-state index contributed by atoms with van der Waals surface area (Å²) in [6, 6.07) is 17.1. The number of nitrogens with two attached hydrogens (primary N) is 1. The average Bonchev–Trinajstić information content (AvgIpc) is 2.88. The molecule has 9 nitrogen and oxygen atoms in total. The number of alkyl halides is 6. The molecule has 0 aromatic heterocycles. The maximum atomic E-state index is 12.2. The molecule has 16 heteroatoms. The van der Waals surface area contributed by atoms with Crippen LogP contribution in [0.5, 0.6) is 0 Å². The smallest absolute Gasteiger partial charge is 0.368 e. The Hall–Kier alpha value is -3.23. The van der Waals surface area contributed by atoms with Crippen molar-refractivity contribution >= 4 is 16.3 Å². The van der Waals surface area contributed by atoms with E-state index in [1.54, 1.807) is 6.92 Å². The van der Waals surface area contributed by atoms with Gasteiger partial charge in [0, 0.05) is 24.9 Å². The van der Waals surface area contributed by atoms with Crippen LogP contribution in [0.25, 0.3) is 4.85 Å². The number of carbonyl (C=O) groups is 1. The first kappa shape index (κ1) is 38.8. The number of benzene rings is 2. The summed E-state index contributed by atoms with van der Waals surface area (Å²) in [5, 5.41) is 5.73. The minimum Gasteiger partial charge on any atom is -0.368 e. The van der Waals surface area contributed by atoms with Gasteiger partial charge in [0.05, 0.1) is 12.5 Å². The van der Waals surface area contributed by atoms with Crippen molar-refractivity contribution in [3.8, 4) is 0 Å². The highest BCUT2D eigenvalue weighted by atomic mass is 32.3. The minimum absolute atomic E-state index is 0.140. The molecule has 0 fully saturated rings. The monoisotopic (exact) mass is 628 g/mol. The van der Waals surface area contributed by atoms with E-state index in [1.807, 2.05) is 67.6 Å². The lowest BCUT2D eigenvalue weighted by molar-refractivity contribution is -0.139. The standard InChI is InChI=1S/C13H17F3N2O.C13H15F3N2.H2O4S/c1-9(10-5-3-2-4-6-10)18-11(12(17)19)7-8-13(14,15)16;1-10(11-6-4-3-5-7-11)18-12(17-2)8-9-13(14,15)16;1-5(2,3)4/h2-6,9,11,18H,7-8H2,1H3,(H2,17,19);3-7,10,12,18H,8-9H2,1H3;(H2,1,2,3,4)/t9-,11?;10-,12?;/m11./s1. The number of primary amides is 1. The maximum Gasteiger partial charge on any atom is 0.394 e. The average molecular weight is 629 g/mol. The van der Waals surface area contributed by atoms with E-state index in [9.17, 15) is 31.1 Å². The molecule has 1 amide bonds. The lowest BCUT2D eigenvalue weighted by Crippen LogP contribution is -2.43. The Kier molecular flexibility index (Phi) is 16.9. The van der Waals surface area contributed by atoms with E-state index in [2.05, 4.69) is 15.5 Å². The van der Waals surface area contributed by atoms with Gasteiger partial charge < -0.3 is 5.73 Å². The van der Waals surface area contributed by atoms with Gasteiger partial charge in [0.25, 0.3) is 6.17 Å². The Bertz CT molecular complexity index is 1190. The van der Waals surface area contributed by atoms with Gasteiger partial charge in [-0.3, -0.25) is 24.1 Å². The van der Waals surface area contributed by atoms with E-state index < -0.39 is 53.7 Å². The molecule has 2 unspecified atom stereocenters. The quantitative estimate of drug-likeness (QED) is 0.120. The van der Waals surface area contributed by atoms with Crippen LogP contribution in [-0.2, 0) is 15.2 Å². The number of amides is 1. The van der Waals surface area contributed by atoms with Gasteiger partial charge in [0.1, 0.15) is 0 Å². The third kappa shape index (κ3) is 21.5. The zero-order valence-electron chi connectivity index (χ0n) is 22.7. The van der Waals surface area contributed by atoms with Crippen molar-refractivity contribution < 1.29 is 48.7 Å². The van der Waals surface area contributed by atoms with Crippen LogP contribution in [0.2, 0.25) is 0 Å². The third-order valence-electron chi connectivity index (χ3n) is 5.41. The molecule has 0 spiro atoms. The number of nitrogens with one attached hydrogen (secondary N) is 2. The highest BCUT2D eigenvalue weighted by Gasteiger charge is 2.31. The normalized spacial score (nSPS) is 14.5. The van der Waals surface area contributed by atoms with Crippen LogP contribution in [0.15, 0.2) is 60.7 Å². The molecule has 0 saturated carbocycles. The number of carbonyl (C=O) groups excluding carboxylic acids is 1. The maximum absolute atomic E-state index is 12.2. The van der Waals surface area contributed by atoms with Gasteiger partial charge in [-0.2, -0.15) is 34.8 Å². The predicted molar refractivity (Wildman–Crippen MR) is 144 cm³/mol. The van der Waals surface area contributed by atoms with Crippen LogP contribution in [0.1, 0.15) is 62.7 Å². The molecule has 0 aliphatic heterocycles. The SMILES string of the molecule is C[C@@H](NC(CCC(F)(F)F)C(N)=O)c1ccccc1.O=S(=O)(O)O.[C-]#[N+]C(CCC(F)(F)F)N[C@H](C)c1ccccc1. The number of halogens is 6. The largest absolute Gasteiger partial charge is 0.394 e. The van der Waals surface area contributed by atoms with Crippen molar-refractivity contribution in [3.05, 3.63) is 83.2 Å². The molecule has 0 bridgehead atoms. The first-order valence-electron chi connectivity index (χ1n) is 12.3. The molecule has 236 valence electrons. The van der Waals surface area contributed by atoms with Gasteiger partial charge in [0.2, 0.25) is 5.91 Å². The fourth-order valence-corrected chi connectivity index (χ4v) is 3.37. The first-order valence-corrected chi connectivity index (χ1v) is 13.7. The van der Waals surface area contributed by atoms with Gasteiger partial charge in [0.15, 0.2) is 0 Å². The Morgan fingerprint density at radius 2 is 1.19 bits per heavy atom. The highest BCUT2D eigenvalue weighted by Crippen LogP contribution is 2.24. The van der Waals surface area contributed by atoms with Crippen molar-refractivity contribution in [1.82, 2.24) is 10.6 Å². The second kappa shape index (κ2) is 18.3.